The van der Waals surface area contributed by atoms with Crippen LogP contribution in [0.2, 0.25) is 5.04 Å². The topological polar surface area (TPSA) is 27.7 Å². The minimum Gasteiger partial charge on any atom is -0.404 e. The van der Waals surface area contributed by atoms with E-state index in [1.807, 2.05) is 18.2 Å². The van der Waals surface area contributed by atoms with E-state index in [1.165, 1.54) is 21.5 Å². The maximum Gasteiger partial charge on any atom is 0.261 e. The van der Waals surface area contributed by atoms with Crippen molar-refractivity contribution in [2.75, 3.05) is 19.8 Å². The lowest BCUT2D eigenvalue weighted by Crippen LogP contribution is -2.66. The predicted octanol–water partition coefficient (Wildman–Crippen LogP) is 6.69. The maximum absolute atomic E-state index is 6.94. The first-order valence-corrected chi connectivity index (χ1v) is 15.5. The first kappa shape index (κ1) is 28.3. The zero-order valence-corrected chi connectivity index (χ0v) is 24.5. The van der Waals surface area contributed by atoms with Crippen LogP contribution in [-0.4, -0.2) is 34.2 Å². The van der Waals surface area contributed by atoms with Crippen molar-refractivity contribution in [1.29, 1.82) is 0 Å². The van der Waals surface area contributed by atoms with Gasteiger partial charge in [0.25, 0.3) is 8.32 Å². The number of hydrogen-bond donors (Lipinski definition) is 0. The molecule has 0 fully saturated rings. The maximum atomic E-state index is 6.94. The summed E-state index contributed by atoms with van der Waals surface area (Å²) in [6.07, 6.45) is 6.43. The first-order chi connectivity index (χ1) is 18.2. The molecule has 4 rings (SSSR count). The predicted molar refractivity (Wildman–Crippen MR) is 160 cm³/mol. The molecule has 0 spiro atoms. The fourth-order valence-electron chi connectivity index (χ4n) is 5.19. The molecule has 0 aromatic heterocycles. The van der Waals surface area contributed by atoms with Crippen molar-refractivity contribution in [3.63, 3.8) is 0 Å². The molecule has 3 aromatic rings. The molecule has 0 aliphatic heterocycles. The van der Waals surface area contributed by atoms with Gasteiger partial charge < -0.3 is 13.9 Å². The molecule has 1 aliphatic rings. The molecule has 3 nitrogen and oxygen atoms in total. The molecule has 200 valence electrons. The van der Waals surface area contributed by atoms with Gasteiger partial charge in [0.15, 0.2) is 0 Å². The van der Waals surface area contributed by atoms with Crippen LogP contribution in [0.3, 0.4) is 0 Å². The van der Waals surface area contributed by atoms with Gasteiger partial charge in [-0.3, -0.25) is 0 Å². The summed E-state index contributed by atoms with van der Waals surface area (Å²) in [4.78, 5) is 0. The van der Waals surface area contributed by atoms with Gasteiger partial charge in [-0.1, -0.05) is 144 Å². The number of rotatable bonds is 13. The third kappa shape index (κ3) is 6.81. The Morgan fingerprint density at radius 3 is 1.76 bits per heavy atom. The zero-order chi connectivity index (χ0) is 27.1. The molecule has 0 radical (unpaired) electrons. The Balaban J connectivity index is 1.38. The van der Waals surface area contributed by atoms with Gasteiger partial charge in [0, 0.05) is 5.41 Å². The fourth-order valence-corrected chi connectivity index (χ4v) is 9.69. The second kappa shape index (κ2) is 12.4. The van der Waals surface area contributed by atoms with Crippen LogP contribution in [0.4, 0.5) is 0 Å². The van der Waals surface area contributed by atoms with Gasteiger partial charge in [-0.15, -0.1) is 0 Å². The standard InChI is InChI=1S/C34H42O3Si/c1-33(2,3)38(29-19-11-7-12-20-29,30-21-13-8-14-22-30)37-24-16-15-23-36-32(31-25-34(31,4)5)27-35-26-28-17-9-6-10-18-28/h6-22,25,32H,23-24,26-27H2,1-5H3/b16-15+. The van der Waals surface area contributed by atoms with Crippen molar-refractivity contribution in [2.45, 2.75) is 52.4 Å². The van der Waals surface area contributed by atoms with Crippen molar-refractivity contribution in [2.24, 2.45) is 5.41 Å². The minimum atomic E-state index is -2.53. The highest BCUT2D eigenvalue weighted by Gasteiger charge is 2.49. The van der Waals surface area contributed by atoms with Gasteiger partial charge in [-0.2, -0.15) is 0 Å². The Bertz CT molecular complexity index is 1160. The lowest BCUT2D eigenvalue weighted by molar-refractivity contribution is 0.00617. The molecule has 3 aromatic carbocycles. The summed E-state index contributed by atoms with van der Waals surface area (Å²) in [5.74, 6) is 0. The van der Waals surface area contributed by atoms with E-state index in [1.54, 1.807) is 0 Å². The van der Waals surface area contributed by atoms with E-state index >= 15 is 0 Å². The number of benzene rings is 3. The molecule has 1 unspecified atom stereocenters. The van der Waals surface area contributed by atoms with E-state index in [2.05, 4.69) is 126 Å². The monoisotopic (exact) mass is 526 g/mol. The van der Waals surface area contributed by atoms with Gasteiger partial charge >= 0.3 is 0 Å². The van der Waals surface area contributed by atoms with Gasteiger partial charge in [0.1, 0.15) is 6.10 Å². The Morgan fingerprint density at radius 2 is 1.26 bits per heavy atom. The van der Waals surface area contributed by atoms with Crippen LogP contribution >= 0.6 is 0 Å². The summed E-state index contributed by atoms with van der Waals surface area (Å²) in [6.45, 7) is 13.6. The summed E-state index contributed by atoms with van der Waals surface area (Å²) in [5.41, 5.74) is 2.62. The molecule has 0 heterocycles. The summed E-state index contributed by atoms with van der Waals surface area (Å²) in [5, 5.41) is 2.55. The molecular formula is C34H42O3Si. The normalized spacial score (nSPS) is 15.9. The van der Waals surface area contributed by atoms with Crippen LogP contribution in [-0.2, 0) is 20.5 Å². The molecule has 0 saturated carbocycles. The Hall–Kier alpha value is -2.76. The van der Waals surface area contributed by atoms with Crippen LogP contribution in [0, 0.1) is 5.41 Å². The van der Waals surface area contributed by atoms with Crippen LogP contribution < -0.4 is 10.4 Å². The Labute approximate surface area is 230 Å². The van der Waals surface area contributed by atoms with Crippen LogP contribution in [0.15, 0.2) is 115 Å². The van der Waals surface area contributed by atoms with Crippen LogP contribution in [0.25, 0.3) is 0 Å². The second-order valence-electron chi connectivity index (χ2n) is 11.6. The molecule has 38 heavy (non-hydrogen) atoms. The third-order valence-electron chi connectivity index (χ3n) is 7.28. The van der Waals surface area contributed by atoms with E-state index in [0.29, 0.717) is 26.4 Å². The molecule has 0 saturated heterocycles. The highest BCUT2D eigenvalue weighted by Crippen LogP contribution is 2.46. The largest absolute Gasteiger partial charge is 0.404 e. The van der Waals surface area contributed by atoms with E-state index in [4.69, 9.17) is 13.9 Å². The highest BCUT2D eigenvalue weighted by molar-refractivity contribution is 6.99. The van der Waals surface area contributed by atoms with Gasteiger partial charge in [-0.25, -0.2) is 0 Å². The smallest absolute Gasteiger partial charge is 0.261 e. The second-order valence-corrected chi connectivity index (χ2v) is 15.9. The van der Waals surface area contributed by atoms with Gasteiger partial charge in [-0.05, 0) is 26.5 Å². The molecule has 0 amide bonds. The summed E-state index contributed by atoms with van der Waals surface area (Å²) >= 11 is 0. The van der Waals surface area contributed by atoms with E-state index in [0.717, 1.165) is 0 Å². The summed E-state index contributed by atoms with van der Waals surface area (Å²) < 4.78 is 19.3. The summed E-state index contributed by atoms with van der Waals surface area (Å²) in [6, 6.07) is 31.8. The minimum absolute atomic E-state index is 0.0315. The molecule has 0 bridgehead atoms. The average molecular weight is 527 g/mol. The van der Waals surface area contributed by atoms with Crippen LogP contribution in [0.5, 0.6) is 0 Å². The average Bonchev–Trinajstić information content (AvgIpc) is 3.55. The van der Waals surface area contributed by atoms with Crippen LogP contribution in [0.1, 0.15) is 40.2 Å². The van der Waals surface area contributed by atoms with Gasteiger partial charge in [0.2, 0.25) is 0 Å². The molecular weight excluding hydrogens is 484 g/mol. The van der Waals surface area contributed by atoms with Crippen molar-refractivity contribution >= 4 is 18.7 Å². The van der Waals surface area contributed by atoms with E-state index in [-0.39, 0.29) is 16.6 Å². The van der Waals surface area contributed by atoms with Gasteiger partial charge in [0.05, 0.1) is 26.4 Å². The lowest BCUT2D eigenvalue weighted by atomic mass is 10.0. The number of ether oxygens (including phenoxy) is 2. The third-order valence-corrected chi connectivity index (χ3v) is 12.3. The quantitative estimate of drug-likeness (QED) is 0.183. The zero-order valence-electron chi connectivity index (χ0n) is 23.5. The van der Waals surface area contributed by atoms with Crippen molar-refractivity contribution < 1.29 is 13.9 Å². The first-order valence-electron chi connectivity index (χ1n) is 13.6. The number of hydrogen-bond acceptors (Lipinski definition) is 3. The lowest BCUT2D eigenvalue weighted by Gasteiger charge is -2.42. The molecule has 1 atom stereocenters. The molecule has 0 N–H and O–H groups in total. The van der Waals surface area contributed by atoms with Crippen molar-refractivity contribution in [3.05, 3.63) is 120 Å². The van der Waals surface area contributed by atoms with Crippen molar-refractivity contribution in [1.82, 2.24) is 0 Å². The molecule has 1 aliphatic carbocycles. The fraction of sp³-hybridized carbons (Fsp3) is 0.353. The number of allylic oxidation sites excluding steroid dienone is 1. The Kier molecular flexibility index (Phi) is 9.22. The SMILES string of the molecule is CC1(C)C=C1C(COCc1ccccc1)OC/C=C/CO[Si](c1ccccc1)(c1ccccc1)C(C)(C)C. The van der Waals surface area contributed by atoms with E-state index in [9.17, 15) is 0 Å². The summed E-state index contributed by atoms with van der Waals surface area (Å²) in [7, 11) is -2.53. The Morgan fingerprint density at radius 1 is 0.763 bits per heavy atom. The molecule has 4 heteroatoms. The van der Waals surface area contributed by atoms with Crippen molar-refractivity contribution in [3.8, 4) is 0 Å². The highest BCUT2D eigenvalue weighted by atomic mass is 28.4. The van der Waals surface area contributed by atoms with E-state index < -0.39 is 8.32 Å².